The van der Waals surface area contributed by atoms with Crippen LogP contribution in [0.2, 0.25) is 13.1 Å². The smallest absolute Gasteiger partial charge is 0.424 e. The Morgan fingerprint density at radius 1 is 0.884 bits per heavy atom. The van der Waals surface area contributed by atoms with Gasteiger partial charge in [-0.3, -0.25) is 0 Å². The van der Waals surface area contributed by atoms with Gasteiger partial charge in [0.1, 0.15) is 11.2 Å². The van der Waals surface area contributed by atoms with Gasteiger partial charge in [-0.2, -0.15) is 0 Å². The largest absolute Gasteiger partial charge is 0.444 e. The summed E-state index contributed by atoms with van der Waals surface area (Å²) in [4.78, 5) is 26.5. The molecule has 0 aliphatic heterocycles. The molecule has 1 fully saturated rings. The van der Waals surface area contributed by atoms with Crippen LogP contribution in [-0.2, 0) is 24.7 Å². The van der Waals surface area contributed by atoms with Crippen LogP contribution in [0.1, 0.15) is 100.0 Å². The van der Waals surface area contributed by atoms with Crippen LogP contribution in [-0.4, -0.2) is 67.8 Å². The van der Waals surface area contributed by atoms with Crippen molar-refractivity contribution in [3.63, 3.8) is 0 Å². The van der Waals surface area contributed by atoms with E-state index in [9.17, 15) is 9.59 Å². The summed E-state index contributed by atoms with van der Waals surface area (Å²) >= 11 is 0. The predicted molar refractivity (Wildman–Crippen MR) is 174 cm³/mol. The Labute approximate surface area is 262 Å². The van der Waals surface area contributed by atoms with Crippen LogP contribution < -0.4 is 10.7 Å². The topological polar surface area (TPSA) is 98.4 Å². The fraction of sp³-hybridized carbons (Fsp3) is 0.758. The maximum Gasteiger partial charge on any atom is 0.424 e. The van der Waals surface area contributed by atoms with E-state index in [1.165, 1.54) is 19.3 Å². The van der Waals surface area contributed by atoms with Gasteiger partial charge in [-0.1, -0.05) is 49.6 Å². The van der Waals surface area contributed by atoms with Gasteiger partial charge in [0.25, 0.3) is 0 Å². The number of carbonyl (C=O) groups excluding carboxylic acids is 2. The molecular weight excluding hydrogens is 562 g/mol. The predicted octanol–water partition coefficient (Wildman–Crippen LogP) is 7.35. The highest BCUT2D eigenvalue weighted by atomic mass is 28.4. The van der Waals surface area contributed by atoms with Gasteiger partial charge in [0, 0.05) is 13.1 Å². The van der Waals surface area contributed by atoms with Crippen molar-refractivity contribution in [3.8, 4) is 0 Å². The van der Waals surface area contributed by atoms with Crippen LogP contribution >= 0.6 is 0 Å². The number of hydrazine groups is 1. The van der Waals surface area contributed by atoms with Gasteiger partial charge in [0.15, 0.2) is 0 Å². The van der Waals surface area contributed by atoms with Crippen LogP contribution in [0, 0.1) is 5.92 Å². The Hall–Kier alpha value is -2.14. The molecule has 2 atom stereocenters. The Morgan fingerprint density at radius 3 is 2.00 bits per heavy atom. The molecular formula is C33H59N3O6Si. The van der Waals surface area contributed by atoms with Crippen molar-refractivity contribution >= 4 is 20.7 Å². The van der Waals surface area contributed by atoms with Gasteiger partial charge >= 0.3 is 20.7 Å². The normalized spacial score (nSPS) is 16.7. The van der Waals surface area contributed by atoms with Gasteiger partial charge in [0.05, 0.1) is 17.7 Å². The van der Waals surface area contributed by atoms with E-state index in [0.717, 1.165) is 18.4 Å². The summed E-state index contributed by atoms with van der Waals surface area (Å²) in [6.07, 6.45) is 4.74. The average Bonchev–Trinajstić information content (AvgIpc) is 2.82. The molecule has 0 bridgehead atoms. The molecule has 1 aliphatic carbocycles. The molecule has 2 N–H and O–H groups in total. The van der Waals surface area contributed by atoms with Crippen molar-refractivity contribution in [2.45, 2.75) is 143 Å². The van der Waals surface area contributed by atoms with E-state index in [2.05, 4.69) is 10.7 Å². The first-order valence-electron chi connectivity index (χ1n) is 15.9. The lowest BCUT2D eigenvalue weighted by Gasteiger charge is -2.39. The fourth-order valence-electron chi connectivity index (χ4n) is 5.34. The first-order valence-corrected chi connectivity index (χ1v) is 18.7. The van der Waals surface area contributed by atoms with Crippen molar-refractivity contribution in [1.82, 2.24) is 15.8 Å². The van der Waals surface area contributed by atoms with Crippen molar-refractivity contribution in [3.05, 3.63) is 35.9 Å². The number of nitrogens with one attached hydrogen (secondary N) is 2. The molecule has 10 heteroatoms. The molecule has 1 aromatic carbocycles. The van der Waals surface area contributed by atoms with E-state index in [-0.39, 0.29) is 6.54 Å². The third-order valence-corrected chi connectivity index (χ3v) is 8.67. The van der Waals surface area contributed by atoms with Crippen LogP contribution in [0.15, 0.2) is 30.3 Å². The van der Waals surface area contributed by atoms with E-state index in [1.807, 2.05) is 106 Å². The van der Waals surface area contributed by atoms with Crippen LogP contribution in [0.3, 0.4) is 0 Å². The second kappa shape index (κ2) is 15.7. The van der Waals surface area contributed by atoms with Crippen molar-refractivity contribution in [1.29, 1.82) is 0 Å². The summed E-state index contributed by atoms with van der Waals surface area (Å²) in [6, 6.07) is 9.49. The summed E-state index contributed by atoms with van der Waals surface area (Å²) in [5, 5.41) is 4.69. The van der Waals surface area contributed by atoms with E-state index in [0.29, 0.717) is 18.9 Å². The number of amides is 2. The Kier molecular flexibility index (Phi) is 13.5. The zero-order valence-electron chi connectivity index (χ0n) is 28.7. The molecule has 0 unspecified atom stereocenters. The third-order valence-electron chi connectivity index (χ3n) is 6.70. The molecule has 2 rings (SSSR count). The molecule has 1 saturated carbocycles. The van der Waals surface area contributed by atoms with E-state index >= 15 is 0 Å². The third kappa shape index (κ3) is 15.9. The monoisotopic (exact) mass is 621 g/mol. The molecule has 0 spiro atoms. The SMILES string of the molecule is CC(C)(C)OC(=O)N[C@@H](Cc1ccccc1)[C@H](CNN(CC1CCCCC1)C(=O)OC(C)(C)C)O[Si](C)(C)OC(C)(C)C. The molecule has 246 valence electrons. The first-order chi connectivity index (χ1) is 19.7. The number of hydrogen-bond acceptors (Lipinski definition) is 7. The summed E-state index contributed by atoms with van der Waals surface area (Å²) in [6.45, 7) is 22.0. The highest BCUT2D eigenvalue weighted by Crippen LogP contribution is 2.25. The van der Waals surface area contributed by atoms with Crippen LogP contribution in [0.5, 0.6) is 0 Å². The van der Waals surface area contributed by atoms with Crippen molar-refractivity contribution in [2.75, 3.05) is 13.1 Å². The quantitative estimate of drug-likeness (QED) is 0.186. The minimum absolute atomic E-state index is 0.253. The summed E-state index contributed by atoms with van der Waals surface area (Å²) in [7, 11) is -2.73. The number of benzene rings is 1. The van der Waals surface area contributed by atoms with Gasteiger partial charge in [0.2, 0.25) is 0 Å². The maximum absolute atomic E-state index is 13.4. The maximum atomic E-state index is 13.4. The highest BCUT2D eigenvalue weighted by Gasteiger charge is 2.38. The fourth-order valence-corrected chi connectivity index (χ4v) is 7.84. The molecule has 2 amide bonds. The number of hydrogen-bond donors (Lipinski definition) is 2. The Bertz CT molecular complexity index is 995. The van der Waals surface area contributed by atoms with E-state index in [4.69, 9.17) is 18.3 Å². The lowest BCUT2D eigenvalue weighted by molar-refractivity contribution is -0.00398. The molecule has 0 saturated heterocycles. The first kappa shape index (κ1) is 37.0. The van der Waals surface area contributed by atoms with Crippen molar-refractivity contribution in [2.24, 2.45) is 5.92 Å². The van der Waals surface area contributed by atoms with Crippen molar-refractivity contribution < 1.29 is 27.9 Å². The molecule has 0 heterocycles. The van der Waals surface area contributed by atoms with E-state index < -0.39 is 49.7 Å². The lowest BCUT2D eigenvalue weighted by Crippen LogP contribution is -2.58. The Morgan fingerprint density at radius 2 is 1.47 bits per heavy atom. The molecule has 0 aromatic heterocycles. The molecule has 9 nitrogen and oxygen atoms in total. The van der Waals surface area contributed by atoms with Gasteiger partial charge in [-0.05, 0) is 106 Å². The highest BCUT2D eigenvalue weighted by molar-refractivity contribution is 6.64. The number of rotatable bonds is 12. The second-order valence-corrected chi connectivity index (χ2v) is 18.4. The standard InChI is InChI=1S/C33H59N3O6Si/c1-31(2,3)39-29(37)35-27(22-25-18-14-12-15-19-25)28(41-43(10,11)42-33(7,8)9)23-34-36(30(38)40-32(4,5)6)24-26-20-16-13-17-21-26/h12,14-15,18-19,26-28,34H,13,16-17,20-24H2,1-11H3,(H,35,37)/t27-,28-/m0/s1. The molecule has 1 aromatic rings. The number of carbonyl (C=O) groups is 2. The molecule has 43 heavy (non-hydrogen) atoms. The number of ether oxygens (including phenoxy) is 2. The lowest BCUT2D eigenvalue weighted by atomic mass is 9.89. The summed E-state index contributed by atoms with van der Waals surface area (Å²) in [5.74, 6) is 0.392. The summed E-state index contributed by atoms with van der Waals surface area (Å²) < 4.78 is 24.7. The number of alkyl carbamates (subject to hydrolysis) is 1. The van der Waals surface area contributed by atoms with Gasteiger partial charge in [-0.25, -0.2) is 20.0 Å². The average molecular weight is 622 g/mol. The van der Waals surface area contributed by atoms with Crippen LogP contribution in [0.25, 0.3) is 0 Å². The van der Waals surface area contributed by atoms with E-state index in [1.54, 1.807) is 5.01 Å². The minimum atomic E-state index is -2.73. The zero-order chi connectivity index (χ0) is 32.5. The molecule has 0 radical (unpaired) electrons. The minimum Gasteiger partial charge on any atom is -0.444 e. The summed E-state index contributed by atoms with van der Waals surface area (Å²) in [5.41, 5.74) is 2.70. The molecule has 1 aliphatic rings. The second-order valence-electron chi connectivity index (χ2n) is 15.2. The number of nitrogens with zero attached hydrogens (tertiary/aromatic N) is 1. The Balaban J connectivity index is 2.41. The van der Waals surface area contributed by atoms with Crippen LogP contribution in [0.4, 0.5) is 9.59 Å². The van der Waals surface area contributed by atoms with Gasteiger partial charge in [-0.15, -0.1) is 0 Å². The van der Waals surface area contributed by atoms with Gasteiger partial charge < -0.3 is 23.6 Å². The zero-order valence-corrected chi connectivity index (χ0v) is 29.7.